The molecule has 4 heteroatoms. The molecule has 1 aliphatic heterocycles. The largest absolute Gasteiger partial charge is 0.381 e. The number of rotatable bonds is 3. The molecule has 0 amide bonds. The molecule has 0 bridgehead atoms. The van der Waals surface area contributed by atoms with Gasteiger partial charge in [0.05, 0.1) is 11.9 Å². The normalized spacial score (nSPS) is 18.3. The zero-order valence-electron chi connectivity index (χ0n) is 9.44. The van der Waals surface area contributed by atoms with Crippen molar-refractivity contribution in [3.05, 3.63) is 12.4 Å². The van der Waals surface area contributed by atoms with Crippen molar-refractivity contribution in [3.63, 3.8) is 0 Å². The minimum absolute atomic E-state index is 0.426. The average molecular weight is 209 g/mol. The van der Waals surface area contributed by atoms with Crippen LogP contribution in [0.15, 0.2) is 12.4 Å². The quantitative estimate of drug-likeness (QED) is 0.828. The Morgan fingerprint density at radius 2 is 2.20 bits per heavy atom. The number of hydrogen-bond donors (Lipinski definition) is 1. The van der Waals surface area contributed by atoms with Gasteiger partial charge in [-0.25, -0.2) is 0 Å². The average Bonchev–Trinajstić information content (AvgIpc) is 2.68. The Hall–Kier alpha value is -1.03. The first-order valence-corrected chi connectivity index (χ1v) is 5.64. The number of hydrogen-bond acceptors (Lipinski definition) is 3. The van der Waals surface area contributed by atoms with Gasteiger partial charge in [-0.1, -0.05) is 0 Å². The topological polar surface area (TPSA) is 39.1 Å². The van der Waals surface area contributed by atoms with Crippen LogP contribution < -0.4 is 5.32 Å². The van der Waals surface area contributed by atoms with Crippen molar-refractivity contribution < 1.29 is 4.74 Å². The number of nitrogens with one attached hydrogen (secondary N) is 1. The van der Waals surface area contributed by atoms with Crippen LogP contribution in [0.3, 0.4) is 0 Å². The van der Waals surface area contributed by atoms with E-state index in [-0.39, 0.29) is 0 Å². The molecule has 84 valence electrons. The lowest BCUT2D eigenvalue weighted by Gasteiger charge is -2.23. The molecule has 0 spiro atoms. The predicted octanol–water partition coefficient (Wildman–Crippen LogP) is 2.05. The summed E-state index contributed by atoms with van der Waals surface area (Å²) in [4.78, 5) is 0. The van der Waals surface area contributed by atoms with E-state index in [9.17, 15) is 0 Å². The molecule has 0 aromatic carbocycles. The fourth-order valence-corrected chi connectivity index (χ4v) is 1.77. The van der Waals surface area contributed by atoms with Crippen molar-refractivity contribution in [2.45, 2.75) is 38.8 Å². The van der Waals surface area contributed by atoms with E-state index >= 15 is 0 Å². The molecule has 1 aromatic heterocycles. The van der Waals surface area contributed by atoms with Gasteiger partial charge in [-0.2, -0.15) is 5.10 Å². The lowest BCUT2D eigenvalue weighted by atomic mass is 10.1. The van der Waals surface area contributed by atoms with Crippen molar-refractivity contribution in [3.8, 4) is 0 Å². The maximum atomic E-state index is 5.32. The second kappa shape index (κ2) is 4.66. The number of nitrogens with zero attached hydrogens (tertiary/aromatic N) is 2. The molecule has 0 radical (unpaired) electrons. The highest BCUT2D eigenvalue weighted by molar-refractivity contribution is 5.39. The first-order chi connectivity index (χ1) is 7.25. The van der Waals surface area contributed by atoms with E-state index < -0.39 is 0 Å². The minimum Gasteiger partial charge on any atom is -0.381 e. The van der Waals surface area contributed by atoms with Gasteiger partial charge in [-0.15, -0.1) is 0 Å². The van der Waals surface area contributed by atoms with Crippen molar-refractivity contribution in [1.82, 2.24) is 9.78 Å². The molecule has 0 saturated carbocycles. The van der Waals surface area contributed by atoms with Gasteiger partial charge >= 0.3 is 0 Å². The summed E-state index contributed by atoms with van der Waals surface area (Å²) in [7, 11) is 0. The molecule has 1 N–H and O–H groups in total. The Morgan fingerprint density at radius 3 is 2.80 bits per heavy atom. The zero-order valence-corrected chi connectivity index (χ0v) is 9.44. The Labute approximate surface area is 90.6 Å². The molecule has 2 heterocycles. The van der Waals surface area contributed by atoms with Gasteiger partial charge in [-0.05, 0) is 26.7 Å². The molecular weight excluding hydrogens is 190 g/mol. The molecule has 0 atom stereocenters. The number of anilines is 1. The van der Waals surface area contributed by atoms with Gasteiger partial charge in [0, 0.05) is 31.5 Å². The van der Waals surface area contributed by atoms with E-state index in [1.54, 1.807) is 0 Å². The molecule has 4 nitrogen and oxygen atoms in total. The van der Waals surface area contributed by atoms with Crippen LogP contribution in [-0.4, -0.2) is 29.0 Å². The Kier molecular flexibility index (Phi) is 3.26. The summed E-state index contributed by atoms with van der Waals surface area (Å²) in [5.74, 6) is 0. The van der Waals surface area contributed by atoms with Crippen LogP contribution in [0.1, 0.15) is 32.7 Å². The number of ether oxygens (including phenoxy) is 1. The van der Waals surface area contributed by atoms with Gasteiger partial charge in [0.15, 0.2) is 0 Å². The summed E-state index contributed by atoms with van der Waals surface area (Å²) >= 11 is 0. The second-order valence-corrected chi connectivity index (χ2v) is 4.33. The third-order valence-corrected chi connectivity index (χ3v) is 2.72. The summed E-state index contributed by atoms with van der Waals surface area (Å²) in [5, 5.41) is 7.80. The summed E-state index contributed by atoms with van der Waals surface area (Å²) in [6.07, 6.45) is 6.15. The lowest BCUT2D eigenvalue weighted by molar-refractivity contribution is 0.0904. The van der Waals surface area contributed by atoms with Gasteiger partial charge in [0.2, 0.25) is 0 Å². The maximum Gasteiger partial charge on any atom is 0.0728 e. The summed E-state index contributed by atoms with van der Waals surface area (Å²) in [6.45, 7) is 6.00. The van der Waals surface area contributed by atoms with Gasteiger partial charge in [0.1, 0.15) is 0 Å². The van der Waals surface area contributed by atoms with Crippen LogP contribution in [0.25, 0.3) is 0 Å². The fourth-order valence-electron chi connectivity index (χ4n) is 1.77. The van der Waals surface area contributed by atoms with Crippen LogP contribution in [0.5, 0.6) is 0 Å². The highest BCUT2D eigenvalue weighted by Crippen LogP contribution is 2.15. The zero-order chi connectivity index (χ0) is 10.7. The van der Waals surface area contributed by atoms with E-state index in [4.69, 9.17) is 4.74 Å². The minimum atomic E-state index is 0.426. The van der Waals surface area contributed by atoms with E-state index in [2.05, 4.69) is 30.5 Å². The molecule has 1 aliphatic rings. The van der Waals surface area contributed by atoms with Gasteiger partial charge in [0.25, 0.3) is 0 Å². The highest BCUT2D eigenvalue weighted by Gasteiger charge is 2.14. The SMILES string of the molecule is CC(C)n1cc(NC2CCOCC2)cn1. The van der Waals surface area contributed by atoms with Crippen LogP contribution in [0.4, 0.5) is 5.69 Å². The first-order valence-electron chi connectivity index (χ1n) is 5.64. The third kappa shape index (κ3) is 2.72. The van der Waals surface area contributed by atoms with Crippen LogP contribution in [0.2, 0.25) is 0 Å². The van der Waals surface area contributed by atoms with E-state index in [1.165, 1.54) is 0 Å². The predicted molar refractivity (Wildman–Crippen MR) is 60.1 cm³/mol. The van der Waals surface area contributed by atoms with Crippen molar-refractivity contribution in [2.24, 2.45) is 0 Å². The molecule has 1 saturated heterocycles. The molecule has 15 heavy (non-hydrogen) atoms. The van der Waals surface area contributed by atoms with E-state index in [1.807, 2.05) is 10.9 Å². The van der Waals surface area contributed by atoms with Crippen molar-refractivity contribution >= 4 is 5.69 Å². The van der Waals surface area contributed by atoms with Gasteiger partial charge in [-0.3, -0.25) is 4.68 Å². The van der Waals surface area contributed by atoms with Crippen LogP contribution in [0, 0.1) is 0 Å². The van der Waals surface area contributed by atoms with E-state index in [0.29, 0.717) is 12.1 Å². The van der Waals surface area contributed by atoms with Crippen LogP contribution >= 0.6 is 0 Å². The third-order valence-electron chi connectivity index (χ3n) is 2.72. The van der Waals surface area contributed by atoms with Crippen molar-refractivity contribution in [2.75, 3.05) is 18.5 Å². The van der Waals surface area contributed by atoms with Crippen LogP contribution in [-0.2, 0) is 4.74 Å². The van der Waals surface area contributed by atoms with Crippen molar-refractivity contribution in [1.29, 1.82) is 0 Å². The summed E-state index contributed by atoms with van der Waals surface area (Å²) in [5.41, 5.74) is 1.12. The molecule has 1 fully saturated rings. The highest BCUT2D eigenvalue weighted by atomic mass is 16.5. The maximum absolute atomic E-state index is 5.32. The Morgan fingerprint density at radius 1 is 1.47 bits per heavy atom. The molecule has 2 rings (SSSR count). The monoisotopic (exact) mass is 209 g/mol. The lowest BCUT2D eigenvalue weighted by Crippen LogP contribution is -2.27. The van der Waals surface area contributed by atoms with E-state index in [0.717, 1.165) is 31.7 Å². The standard InChI is InChI=1S/C11H19N3O/c1-9(2)14-8-11(7-12-14)13-10-3-5-15-6-4-10/h7-10,13H,3-6H2,1-2H3. The molecule has 0 unspecified atom stereocenters. The van der Waals surface area contributed by atoms with Gasteiger partial charge < -0.3 is 10.1 Å². The molecular formula is C11H19N3O. The smallest absolute Gasteiger partial charge is 0.0728 e. The Bertz CT molecular complexity index is 303. The number of aromatic nitrogens is 2. The molecule has 1 aromatic rings. The first kappa shape index (κ1) is 10.5. The Balaban J connectivity index is 1.91. The summed E-state index contributed by atoms with van der Waals surface area (Å²) in [6, 6.07) is 0.971. The fraction of sp³-hybridized carbons (Fsp3) is 0.727. The summed E-state index contributed by atoms with van der Waals surface area (Å²) < 4.78 is 7.29. The molecule has 0 aliphatic carbocycles. The second-order valence-electron chi connectivity index (χ2n) is 4.33.